The largest absolute Gasteiger partial charge is 0.206 e. The zero-order valence-corrected chi connectivity index (χ0v) is 17.5. The molecule has 158 valence electrons. The van der Waals surface area contributed by atoms with Crippen LogP contribution in [0.25, 0.3) is 10.8 Å². The average molecular weight is 403 g/mol. The summed E-state index contributed by atoms with van der Waals surface area (Å²) in [4.78, 5) is 0. The summed E-state index contributed by atoms with van der Waals surface area (Å²) in [6.07, 6.45) is 14.3. The fourth-order valence-corrected chi connectivity index (χ4v) is 5.97. The first kappa shape index (κ1) is 20.8. The van der Waals surface area contributed by atoms with Crippen LogP contribution >= 0.6 is 0 Å². The molecular formula is C26H33F3. The fourth-order valence-electron chi connectivity index (χ4n) is 5.97. The van der Waals surface area contributed by atoms with Gasteiger partial charge in [-0.25, -0.2) is 13.2 Å². The Hall–Kier alpha value is -1.51. The molecule has 0 bridgehead atoms. The molecule has 2 aliphatic rings. The number of rotatable bonds is 5. The van der Waals surface area contributed by atoms with Crippen molar-refractivity contribution in [1.82, 2.24) is 0 Å². The van der Waals surface area contributed by atoms with E-state index in [-0.39, 0.29) is 5.39 Å². The molecule has 0 aromatic heterocycles. The lowest BCUT2D eigenvalue weighted by Crippen LogP contribution is -2.25. The number of fused-ring (bicyclic) bond motifs is 1. The van der Waals surface area contributed by atoms with Gasteiger partial charge in [0.15, 0.2) is 11.6 Å². The van der Waals surface area contributed by atoms with Gasteiger partial charge in [-0.15, -0.1) is 0 Å². The topological polar surface area (TPSA) is 0 Å². The second kappa shape index (κ2) is 9.10. The molecule has 0 spiro atoms. The minimum Gasteiger partial charge on any atom is -0.206 e. The van der Waals surface area contributed by atoms with Gasteiger partial charge in [-0.2, -0.15) is 0 Å². The normalized spacial score (nSPS) is 28.0. The van der Waals surface area contributed by atoms with Gasteiger partial charge in [0.1, 0.15) is 5.82 Å². The van der Waals surface area contributed by atoms with Gasteiger partial charge in [-0.05, 0) is 85.3 Å². The molecule has 0 radical (unpaired) electrons. The lowest BCUT2D eigenvalue weighted by Gasteiger charge is -2.38. The maximum absolute atomic E-state index is 14.5. The molecule has 0 saturated heterocycles. The summed E-state index contributed by atoms with van der Waals surface area (Å²) in [6.45, 7) is 2.28. The van der Waals surface area contributed by atoms with Gasteiger partial charge in [-0.3, -0.25) is 0 Å². The molecule has 0 heterocycles. The molecule has 0 N–H and O–H groups in total. The molecule has 2 aromatic carbocycles. The minimum atomic E-state index is -1.08. The number of hydrogen-bond donors (Lipinski definition) is 0. The van der Waals surface area contributed by atoms with E-state index in [0.29, 0.717) is 11.3 Å². The molecule has 2 fully saturated rings. The first-order valence-electron chi connectivity index (χ1n) is 11.6. The van der Waals surface area contributed by atoms with E-state index in [1.165, 1.54) is 69.9 Å². The van der Waals surface area contributed by atoms with E-state index in [0.717, 1.165) is 42.2 Å². The molecule has 2 aliphatic carbocycles. The van der Waals surface area contributed by atoms with Crippen molar-refractivity contribution in [1.29, 1.82) is 0 Å². The number of unbranched alkanes of at least 4 members (excludes halogenated alkanes) is 1. The highest BCUT2D eigenvalue weighted by atomic mass is 19.2. The highest BCUT2D eigenvalue weighted by molar-refractivity contribution is 5.84. The van der Waals surface area contributed by atoms with Crippen LogP contribution in [0.15, 0.2) is 24.3 Å². The van der Waals surface area contributed by atoms with E-state index in [2.05, 4.69) is 6.92 Å². The summed E-state index contributed by atoms with van der Waals surface area (Å²) < 4.78 is 41.9. The van der Waals surface area contributed by atoms with Crippen molar-refractivity contribution < 1.29 is 13.2 Å². The predicted molar refractivity (Wildman–Crippen MR) is 113 cm³/mol. The monoisotopic (exact) mass is 402 g/mol. The van der Waals surface area contributed by atoms with Crippen molar-refractivity contribution in [2.45, 2.75) is 83.5 Å². The Labute approximate surface area is 172 Å². The first-order chi connectivity index (χ1) is 14.1. The van der Waals surface area contributed by atoms with Gasteiger partial charge < -0.3 is 0 Å². The standard InChI is InChI=1S/C26H33F3/c1-2-3-4-17-5-7-18(8-6-17)19-9-11-20(12-10-19)22-15-21-13-14-23(27)26(29)25(21)24(28)16-22/h13-20H,2-12H2,1H3. The van der Waals surface area contributed by atoms with Crippen molar-refractivity contribution in [2.75, 3.05) is 0 Å². The lowest BCUT2D eigenvalue weighted by atomic mass is 9.68. The Morgan fingerprint density at radius 3 is 2.10 bits per heavy atom. The molecule has 2 saturated carbocycles. The van der Waals surface area contributed by atoms with E-state index in [4.69, 9.17) is 0 Å². The van der Waals surface area contributed by atoms with Crippen molar-refractivity contribution in [3.05, 3.63) is 47.3 Å². The molecule has 3 heteroatoms. The number of benzene rings is 2. The Morgan fingerprint density at radius 1 is 0.793 bits per heavy atom. The van der Waals surface area contributed by atoms with Crippen molar-refractivity contribution in [2.24, 2.45) is 17.8 Å². The zero-order valence-electron chi connectivity index (χ0n) is 17.5. The number of hydrogen-bond acceptors (Lipinski definition) is 0. The second-order valence-electron chi connectivity index (χ2n) is 9.50. The van der Waals surface area contributed by atoms with Crippen LogP contribution in [0.5, 0.6) is 0 Å². The van der Waals surface area contributed by atoms with Crippen LogP contribution in [0.4, 0.5) is 13.2 Å². The third-order valence-electron chi connectivity index (χ3n) is 7.75. The van der Waals surface area contributed by atoms with Crippen LogP contribution in [0.2, 0.25) is 0 Å². The van der Waals surface area contributed by atoms with Gasteiger partial charge >= 0.3 is 0 Å². The molecule has 0 amide bonds. The Morgan fingerprint density at radius 2 is 1.45 bits per heavy atom. The van der Waals surface area contributed by atoms with Crippen LogP contribution in [0, 0.1) is 35.2 Å². The molecule has 0 unspecified atom stereocenters. The summed E-state index contributed by atoms with van der Waals surface area (Å²) >= 11 is 0. The third kappa shape index (κ3) is 4.49. The van der Waals surface area contributed by atoms with Crippen molar-refractivity contribution in [3.8, 4) is 0 Å². The Balaban J connectivity index is 1.37. The molecule has 0 aliphatic heterocycles. The maximum Gasteiger partial charge on any atom is 0.169 e. The van der Waals surface area contributed by atoms with Crippen molar-refractivity contribution >= 4 is 10.8 Å². The van der Waals surface area contributed by atoms with E-state index >= 15 is 0 Å². The highest BCUT2D eigenvalue weighted by Crippen LogP contribution is 2.45. The lowest BCUT2D eigenvalue weighted by molar-refractivity contribution is 0.156. The Kier molecular flexibility index (Phi) is 6.51. The van der Waals surface area contributed by atoms with E-state index < -0.39 is 17.5 Å². The molecule has 29 heavy (non-hydrogen) atoms. The number of halogens is 3. The molecular weight excluding hydrogens is 369 g/mol. The average Bonchev–Trinajstić information content (AvgIpc) is 2.75. The minimum absolute atomic E-state index is 0.220. The van der Waals surface area contributed by atoms with Gasteiger partial charge in [0, 0.05) is 0 Å². The first-order valence-corrected chi connectivity index (χ1v) is 11.6. The highest BCUT2D eigenvalue weighted by Gasteiger charge is 2.31. The van der Waals surface area contributed by atoms with E-state index in [1.54, 1.807) is 0 Å². The molecule has 4 rings (SSSR count). The van der Waals surface area contributed by atoms with Crippen LogP contribution in [-0.4, -0.2) is 0 Å². The summed E-state index contributed by atoms with van der Waals surface area (Å²) in [5.74, 6) is 0.267. The van der Waals surface area contributed by atoms with Crippen LogP contribution in [-0.2, 0) is 0 Å². The van der Waals surface area contributed by atoms with E-state index in [9.17, 15) is 13.2 Å². The SMILES string of the molecule is CCCCC1CCC(C2CCC(c3cc(F)c4c(F)c(F)ccc4c3)CC2)CC1. The van der Waals surface area contributed by atoms with Crippen LogP contribution in [0.3, 0.4) is 0 Å². The van der Waals surface area contributed by atoms with Crippen LogP contribution < -0.4 is 0 Å². The summed E-state index contributed by atoms with van der Waals surface area (Å²) in [6, 6.07) is 5.89. The summed E-state index contributed by atoms with van der Waals surface area (Å²) in [7, 11) is 0. The van der Waals surface area contributed by atoms with Gasteiger partial charge in [-0.1, -0.05) is 51.2 Å². The van der Waals surface area contributed by atoms with Gasteiger partial charge in [0.2, 0.25) is 0 Å². The summed E-state index contributed by atoms with van der Waals surface area (Å²) in [5, 5.41) is 0.244. The molecule has 2 aromatic rings. The van der Waals surface area contributed by atoms with Gasteiger partial charge in [0.25, 0.3) is 0 Å². The smallest absolute Gasteiger partial charge is 0.169 e. The molecule has 0 atom stereocenters. The second-order valence-corrected chi connectivity index (χ2v) is 9.50. The van der Waals surface area contributed by atoms with Crippen LogP contribution in [0.1, 0.15) is 89.0 Å². The quantitative estimate of drug-likeness (QED) is 0.470. The summed E-state index contributed by atoms with van der Waals surface area (Å²) in [5.41, 5.74) is 0.947. The van der Waals surface area contributed by atoms with E-state index in [1.807, 2.05) is 6.07 Å². The zero-order chi connectivity index (χ0) is 20.4. The predicted octanol–water partition coefficient (Wildman–Crippen LogP) is 8.53. The Bertz CT molecular complexity index is 827. The van der Waals surface area contributed by atoms with Crippen molar-refractivity contribution in [3.63, 3.8) is 0 Å². The van der Waals surface area contributed by atoms with Gasteiger partial charge in [0.05, 0.1) is 5.39 Å². The fraction of sp³-hybridized carbons (Fsp3) is 0.615. The third-order valence-corrected chi connectivity index (χ3v) is 7.75. The maximum atomic E-state index is 14.5. The molecule has 0 nitrogen and oxygen atoms in total.